The number of ether oxygens (including phenoxy) is 4. The van der Waals surface area contributed by atoms with Crippen LogP contribution in [-0.4, -0.2) is 17.9 Å². The predicted molar refractivity (Wildman–Crippen MR) is 125 cm³/mol. The van der Waals surface area contributed by atoms with Gasteiger partial charge in [-0.2, -0.15) is 0 Å². The topological polar surface area (TPSA) is 88.1 Å². The van der Waals surface area contributed by atoms with Gasteiger partial charge in [-0.05, 0) is 38.5 Å². The van der Waals surface area contributed by atoms with Gasteiger partial charge in [0, 0.05) is 46.4 Å². The summed E-state index contributed by atoms with van der Waals surface area (Å²) in [5.74, 6) is -0.121. The molecule has 2 aliphatic heterocycles. The van der Waals surface area contributed by atoms with Gasteiger partial charge < -0.3 is 18.9 Å². The van der Waals surface area contributed by atoms with Crippen molar-refractivity contribution in [1.82, 2.24) is 0 Å². The van der Waals surface area contributed by atoms with Gasteiger partial charge in [-0.15, -0.1) is 0 Å². The number of hydrogen-bond donors (Lipinski definition) is 0. The number of benzene rings is 2. The lowest BCUT2D eigenvalue weighted by molar-refractivity contribution is -0.135. The highest BCUT2D eigenvalue weighted by Crippen LogP contribution is 2.56. The third kappa shape index (κ3) is 3.56. The number of esters is 3. The molecule has 0 saturated carbocycles. The fourth-order valence-corrected chi connectivity index (χ4v) is 4.46. The van der Waals surface area contributed by atoms with Crippen molar-refractivity contribution in [2.45, 2.75) is 32.3 Å². The minimum Gasteiger partial charge on any atom is -0.456 e. The zero-order valence-corrected chi connectivity index (χ0v) is 19.3. The molecule has 1 unspecified atom stereocenters. The van der Waals surface area contributed by atoms with Crippen LogP contribution in [0.1, 0.15) is 48.2 Å². The molecule has 35 heavy (non-hydrogen) atoms. The molecule has 5 rings (SSSR count). The maximum absolute atomic E-state index is 12.9. The zero-order chi connectivity index (χ0) is 24.9. The minimum atomic E-state index is -1.21. The van der Waals surface area contributed by atoms with Crippen molar-refractivity contribution in [2.75, 3.05) is 0 Å². The Morgan fingerprint density at radius 2 is 1.66 bits per heavy atom. The van der Waals surface area contributed by atoms with E-state index in [2.05, 4.69) is 13.2 Å². The van der Waals surface area contributed by atoms with E-state index in [9.17, 15) is 14.4 Å². The van der Waals surface area contributed by atoms with E-state index in [4.69, 9.17) is 18.9 Å². The van der Waals surface area contributed by atoms with Gasteiger partial charge in [0.05, 0.1) is 5.56 Å². The quantitative estimate of drug-likeness (QED) is 0.352. The average Bonchev–Trinajstić information content (AvgIpc) is 3.11. The molecule has 2 aromatic rings. The number of fused-ring (bicyclic) bond motifs is 5. The third-order valence-electron chi connectivity index (χ3n) is 6.09. The standard InChI is InChI=1S/C28H22O7/c1-15(2)25(29)32-17-9-11-21-23(13-17)34-24-14-18(33-26(30)16(3)4)10-12-22(24)28(21)20-8-6-5-7-19(20)27(31)35-28/h5-9,11,13-14H,1,3,10,12H2,2,4H3. The molecule has 1 spiro atoms. The number of carbonyl (C=O) groups is 3. The van der Waals surface area contributed by atoms with E-state index < -0.39 is 23.5 Å². The highest BCUT2D eigenvalue weighted by atomic mass is 16.6. The number of hydrogen-bond acceptors (Lipinski definition) is 7. The van der Waals surface area contributed by atoms with Crippen molar-refractivity contribution < 1.29 is 33.3 Å². The van der Waals surface area contributed by atoms with Crippen LogP contribution in [0, 0.1) is 0 Å². The van der Waals surface area contributed by atoms with Gasteiger partial charge in [0.2, 0.25) is 0 Å². The molecule has 0 N–H and O–H groups in total. The van der Waals surface area contributed by atoms with Gasteiger partial charge in [-0.25, -0.2) is 14.4 Å². The summed E-state index contributed by atoms with van der Waals surface area (Å²) in [4.78, 5) is 37.1. The Kier molecular flexibility index (Phi) is 5.20. The van der Waals surface area contributed by atoms with Crippen LogP contribution in [0.5, 0.6) is 11.5 Å². The van der Waals surface area contributed by atoms with Crippen LogP contribution < -0.4 is 9.47 Å². The number of allylic oxidation sites excluding steroid dienone is 2. The van der Waals surface area contributed by atoms with Gasteiger partial charge in [0.15, 0.2) is 5.60 Å². The van der Waals surface area contributed by atoms with Crippen molar-refractivity contribution in [1.29, 1.82) is 0 Å². The predicted octanol–water partition coefficient (Wildman–Crippen LogP) is 5.03. The molecule has 7 nitrogen and oxygen atoms in total. The minimum absolute atomic E-state index is 0.252. The first-order chi connectivity index (χ1) is 16.7. The van der Waals surface area contributed by atoms with Crippen LogP contribution >= 0.6 is 0 Å². The molecule has 1 aliphatic carbocycles. The van der Waals surface area contributed by atoms with Crippen LogP contribution in [0.25, 0.3) is 0 Å². The highest BCUT2D eigenvalue weighted by Gasteiger charge is 2.54. The first-order valence-corrected chi connectivity index (χ1v) is 11.1. The molecule has 0 radical (unpaired) electrons. The summed E-state index contributed by atoms with van der Waals surface area (Å²) in [6.07, 6.45) is 2.47. The summed E-state index contributed by atoms with van der Waals surface area (Å²) in [5.41, 5.74) is 1.83. The van der Waals surface area contributed by atoms with E-state index in [0.717, 1.165) is 5.57 Å². The molecule has 0 fully saturated rings. The summed E-state index contributed by atoms with van der Waals surface area (Å²) in [7, 11) is 0. The lowest BCUT2D eigenvalue weighted by Crippen LogP contribution is -2.36. The second kappa shape index (κ2) is 8.13. The molecule has 7 heteroatoms. The van der Waals surface area contributed by atoms with E-state index in [1.165, 1.54) is 0 Å². The van der Waals surface area contributed by atoms with Crippen LogP contribution in [0.4, 0.5) is 0 Å². The Bertz CT molecular complexity index is 1410. The third-order valence-corrected chi connectivity index (χ3v) is 6.09. The molecule has 176 valence electrons. The van der Waals surface area contributed by atoms with Crippen LogP contribution in [-0.2, 0) is 24.7 Å². The van der Waals surface area contributed by atoms with Crippen LogP contribution in [0.3, 0.4) is 0 Å². The second-order valence-corrected chi connectivity index (χ2v) is 8.67. The summed E-state index contributed by atoms with van der Waals surface area (Å²) >= 11 is 0. The molecule has 0 aromatic heterocycles. The smallest absolute Gasteiger partial charge is 0.340 e. The Labute approximate surface area is 201 Å². The largest absolute Gasteiger partial charge is 0.456 e. The molecule has 0 saturated heterocycles. The van der Waals surface area contributed by atoms with Gasteiger partial charge in [0.1, 0.15) is 23.0 Å². The summed E-state index contributed by atoms with van der Waals surface area (Å²) in [6.45, 7) is 10.3. The lowest BCUT2D eigenvalue weighted by Gasteiger charge is -2.39. The maximum Gasteiger partial charge on any atom is 0.340 e. The Balaban J connectivity index is 1.67. The summed E-state index contributed by atoms with van der Waals surface area (Å²) in [5, 5.41) is 0. The van der Waals surface area contributed by atoms with Crippen LogP contribution in [0.2, 0.25) is 0 Å². The molecular formula is C28H22O7. The zero-order valence-electron chi connectivity index (χ0n) is 19.3. The van der Waals surface area contributed by atoms with E-state index >= 15 is 0 Å². The first kappa shape index (κ1) is 22.4. The monoisotopic (exact) mass is 470 g/mol. The number of rotatable bonds is 4. The van der Waals surface area contributed by atoms with Crippen molar-refractivity contribution in [2.24, 2.45) is 0 Å². The van der Waals surface area contributed by atoms with Crippen molar-refractivity contribution >= 4 is 17.9 Å². The van der Waals surface area contributed by atoms with Crippen molar-refractivity contribution in [3.63, 3.8) is 0 Å². The molecule has 0 amide bonds. The molecule has 1 atom stereocenters. The second-order valence-electron chi connectivity index (χ2n) is 8.67. The molecule has 2 heterocycles. The van der Waals surface area contributed by atoms with Gasteiger partial charge in [-0.3, -0.25) is 0 Å². The molecule has 0 bridgehead atoms. The maximum atomic E-state index is 12.9. The Morgan fingerprint density at radius 3 is 2.40 bits per heavy atom. The van der Waals surface area contributed by atoms with E-state index in [0.29, 0.717) is 46.8 Å². The van der Waals surface area contributed by atoms with E-state index in [1.807, 2.05) is 12.1 Å². The van der Waals surface area contributed by atoms with E-state index in [1.54, 1.807) is 50.3 Å². The average molecular weight is 470 g/mol. The van der Waals surface area contributed by atoms with Gasteiger partial charge in [0.25, 0.3) is 0 Å². The molecule has 3 aliphatic rings. The fraction of sp³-hybridized carbons (Fsp3) is 0.179. The number of carbonyl (C=O) groups excluding carboxylic acids is 3. The van der Waals surface area contributed by atoms with Crippen LogP contribution in [0.15, 0.2) is 89.9 Å². The summed E-state index contributed by atoms with van der Waals surface area (Å²) in [6, 6.07) is 12.1. The summed E-state index contributed by atoms with van der Waals surface area (Å²) < 4.78 is 23.2. The first-order valence-electron chi connectivity index (χ1n) is 11.1. The van der Waals surface area contributed by atoms with Gasteiger partial charge >= 0.3 is 17.9 Å². The Hall–Kier alpha value is -4.39. The molecular weight excluding hydrogens is 448 g/mol. The highest BCUT2D eigenvalue weighted by molar-refractivity contribution is 5.97. The fourth-order valence-electron chi connectivity index (χ4n) is 4.46. The lowest BCUT2D eigenvalue weighted by atomic mass is 9.74. The van der Waals surface area contributed by atoms with Gasteiger partial charge in [-0.1, -0.05) is 31.4 Å². The SMILES string of the molecule is C=C(C)C(=O)OC1=CC2=C(CC1)C1(OC(=O)c3ccccc31)c1ccc(OC(=O)C(=C)C)cc1O2. The van der Waals surface area contributed by atoms with Crippen molar-refractivity contribution in [3.8, 4) is 11.5 Å². The van der Waals surface area contributed by atoms with Crippen molar-refractivity contribution in [3.05, 3.63) is 107 Å². The van der Waals surface area contributed by atoms with E-state index in [-0.39, 0.29) is 16.9 Å². The normalized spacial score (nSPS) is 19.5. The molecule has 2 aromatic carbocycles. The Morgan fingerprint density at radius 1 is 0.943 bits per heavy atom.